The molecule has 0 aromatic heterocycles. The molecule has 1 aromatic rings. The summed E-state index contributed by atoms with van der Waals surface area (Å²) in [5.41, 5.74) is 2.33. The highest BCUT2D eigenvalue weighted by molar-refractivity contribution is 5.85. The van der Waals surface area contributed by atoms with Gasteiger partial charge in [0.2, 0.25) is 5.91 Å². The van der Waals surface area contributed by atoms with Crippen molar-refractivity contribution in [2.45, 2.75) is 19.4 Å². The van der Waals surface area contributed by atoms with E-state index in [2.05, 4.69) is 22.0 Å². The molecule has 1 aliphatic rings. The quantitative estimate of drug-likeness (QED) is 0.643. The van der Waals surface area contributed by atoms with E-state index in [-0.39, 0.29) is 30.8 Å². The SMILES string of the molecule is CN(Cc1ccccc1)C(=O)NCCC(=O)NCC1=CCNCC1.Cl. The van der Waals surface area contributed by atoms with E-state index in [1.165, 1.54) is 5.57 Å². The first kappa shape index (κ1) is 21.0. The van der Waals surface area contributed by atoms with Crippen LogP contribution < -0.4 is 16.0 Å². The molecule has 0 fully saturated rings. The fourth-order valence-corrected chi connectivity index (χ4v) is 2.48. The van der Waals surface area contributed by atoms with Crippen molar-refractivity contribution < 1.29 is 9.59 Å². The molecule has 3 N–H and O–H groups in total. The van der Waals surface area contributed by atoms with Gasteiger partial charge in [0.1, 0.15) is 0 Å². The van der Waals surface area contributed by atoms with Gasteiger partial charge < -0.3 is 20.9 Å². The van der Waals surface area contributed by atoms with Gasteiger partial charge in [-0.3, -0.25) is 4.79 Å². The second kappa shape index (κ2) is 11.5. The van der Waals surface area contributed by atoms with Crippen molar-refractivity contribution in [3.05, 3.63) is 47.5 Å². The first-order valence-electron chi connectivity index (χ1n) is 8.33. The highest BCUT2D eigenvalue weighted by Gasteiger charge is 2.10. The summed E-state index contributed by atoms with van der Waals surface area (Å²) in [5, 5.41) is 8.90. The standard InChI is InChI=1S/C18H26N4O2.ClH/c1-22(14-16-5-3-2-4-6-16)18(24)20-12-9-17(23)21-13-15-7-10-19-11-8-15;/h2-7,19H,8-14H2,1H3,(H,20,24)(H,21,23);1H. The van der Waals surface area contributed by atoms with Gasteiger partial charge in [-0.15, -0.1) is 12.4 Å². The minimum Gasteiger partial charge on any atom is -0.352 e. The number of benzene rings is 1. The molecule has 6 nitrogen and oxygen atoms in total. The lowest BCUT2D eigenvalue weighted by atomic mass is 10.1. The largest absolute Gasteiger partial charge is 0.352 e. The summed E-state index contributed by atoms with van der Waals surface area (Å²) in [5.74, 6) is -0.0413. The molecule has 0 saturated carbocycles. The van der Waals surface area contributed by atoms with Gasteiger partial charge >= 0.3 is 6.03 Å². The molecule has 2 rings (SSSR count). The lowest BCUT2D eigenvalue weighted by Gasteiger charge is -2.18. The monoisotopic (exact) mass is 366 g/mol. The van der Waals surface area contributed by atoms with Gasteiger partial charge in [0.25, 0.3) is 0 Å². The molecular formula is C18H27ClN4O2. The molecule has 138 valence electrons. The Morgan fingerprint density at radius 1 is 1.20 bits per heavy atom. The zero-order chi connectivity index (χ0) is 17.2. The molecule has 0 bridgehead atoms. The van der Waals surface area contributed by atoms with Crippen molar-refractivity contribution >= 4 is 24.3 Å². The molecule has 0 aliphatic carbocycles. The lowest BCUT2D eigenvalue weighted by molar-refractivity contribution is -0.120. The van der Waals surface area contributed by atoms with Gasteiger partial charge in [-0.25, -0.2) is 4.79 Å². The summed E-state index contributed by atoms with van der Waals surface area (Å²) in [6.07, 6.45) is 3.38. The fraction of sp³-hybridized carbons (Fsp3) is 0.444. The molecule has 0 atom stereocenters. The van der Waals surface area contributed by atoms with Crippen molar-refractivity contribution in [1.82, 2.24) is 20.9 Å². The Balaban J connectivity index is 0.00000312. The van der Waals surface area contributed by atoms with Crippen LogP contribution in [0.2, 0.25) is 0 Å². The minimum atomic E-state index is -0.173. The van der Waals surface area contributed by atoms with Crippen LogP contribution in [0.4, 0.5) is 4.79 Å². The maximum atomic E-state index is 12.0. The average Bonchev–Trinajstić information content (AvgIpc) is 2.61. The lowest BCUT2D eigenvalue weighted by Crippen LogP contribution is -2.39. The van der Waals surface area contributed by atoms with Crippen molar-refractivity contribution in [2.75, 3.05) is 33.2 Å². The minimum absolute atomic E-state index is 0. The maximum absolute atomic E-state index is 12.0. The zero-order valence-electron chi connectivity index (χ0n) is 14.6. The van der Waals surface area contributed by atoms with Gasteiger partial charge in [-0.05, 0) is 18.5 Å². The van der Waals surface area contributed by atoms with Crippen LogP contribution in [0.5, 0.6) is 0 Å². The number of hydrogen-bond acceptors (Lipinski definition) is 3. The third-order valence-electron chi connectivity index (χ3n) is 3.91. The summed E-state index contributed by atoms with van der Waals surface area (Å²) in [6.45, 7) is 3.31. The third-order valence-corrected chi connectivity index (χ3v) is 3.91. The Morgan fingerprint density at radius 2 is 1.96 bits per heavy atom. The molecular weight excluding hydrogens is 340 g/mol. The zero-order valence-corrected chi connectivity index (χ0v) is 15.4. The Labute approximate surface area is 155 Å². The van der Waals surface area contributed by atoms with Gasteiger partial charge in [-0.1, -0.05) is 42.0 Å². The number of halogens is 1. The van der Waals surface area contributed by atoms with Crippen LogP contribution in [0.3, 0.4) is 0 Å². The molecule has 0 radical (unpaired) electrons. The van der Waals surface area contributed by atoms with Gasteiger partial charge in [0.15, 0.2) is 0 Å². The highest BCUT2D eigenvalue weighted by Crippen LogP contribution is 2.03. The molecule has 1 aliphatic heterocycles. The summed E-state index contributed by atoms with van der Waals surface area (Å²) in [4.78, 5) is 25.4. The van der Waals surface area contributed by atoms with Crippen molar-refractivity contribution in [2.24, 2.45) is 0 Å². The number of carbonyl (C=O) groups excluding carboxylic acids is 2. The summed E-state index contributed by atoms with van der Waals surface area (Å²) in [6, 6.07) is 9.63. The second-order valence-electron chi connectivity index (χ2n) is 5.92. The number of rotatable bonds is 7. The number of hydrogen-bond donors (Lipinski definition) is 3. The Kier molecular flexibility index (Phi) is 9.65. The van der Waals surface area contributed by atoms with E-state index < -0.39 is 0 Å². The molecule has 1 heterocycles. The number of urea groups is 1. The first-order valence-corrected chi connectivity index (χ1v) is 8.33. The van der Waals surface area contributed by atoms with Crippen molar-refractivity contribution in [1.29, 1.82) is 0 Å². The third kappa shape index (κ3) is 8.05. The van der Waals surface area contributed by atoms with Crippen LogP contribution in [0.15, 0.2) is 42.0 Å². The molecule has 25 heavy (non-hydrogen) atoms. The van der Waals surface area contributed by atoms with Crippen LogP contribution in [-0.4, -0.2) is 50.1 Å². The molecule has 3 amide bonds. The van der Waals surface area contributed by atoms with Gasteiger partial charge in [0, 0.05) is 39.6 Å². The van der Waals surface area contributed by atoms with E-state index in [0.29, 0.717) is 19.6 Å². The van der Waals surface area contributed by atoms with Crippen LogP contribution in [0.25, 0.3) is 0 Å². The number of carbonyl (C=O) groups is 2. The van der Waals surface area contributed by atoms with E-state index in [0.717, 1.165) is 25.1 Å². The highest BCUT2D eigenvalue weighted by atomic mass is 35.5. The van der Waals surface area contributed by atoms with E-state index >= 15 is 0 Å². The Bertz CT molecular complexity index is 578. The van der Waals surface area contributed by atoms with E-state index in [9.17, 15) is 9.59 Å². The normalized spacial score (nSPS) is 13.2. The van der Waals surface area contributed by atoms with E-state index in [1.54, 1.807) is 11.9 Å². The van der Waals surface area contributed by atoms with E-state index in [4.69, 9.17) is 0 Å². The number of amides is 3. The number of nitrogens with one attached hydrogen (secondary N) is 3. The second-order valence-corrected chi connectivity index (χ2v) is 5.92. The van der Waals surface area contributed by atoms with Crippen LogP contribution in [0.1, 0.15) is 18.4 Å². The Morgan fingerprint density at radius 3 is 2.64 bits per heavy atom. The average molecular weight is 367 g/mol. The van der Waals surface area contributed by atoms with Crippen molar-refractivity contribution in [3.8, 4) is 0 Å². The van der Waals surface area contributed by atoms with Gasteiger partial charge in [-0.2, -0.15) is 0 Å². The van der Waals surface area contributed by atoms with Crippen LogP contribution >= 0.6 is 12.4 Å². The molecule has 0 saturated heterocycles. The summed E-state index contributed by atoms with van der Waals surface area (Å²) >= 11 is 0. The smallest absolute Gasteiger partial charge is 0.317 e. The predicted molar refractivity (Wildman–Crippen MR) is 102 cm³/mol. The van der Waals surface area contributed by atoms with E-state index in [1.807, 2.05) is 30.3 Å². The summed E-state index contributed by atoms with van der Waals surface area (Å²) in [7, 11) is 1.74. The summed E-state index contributed by atoms with van der Waals surface area (Å²) < 4.78 is 0. The van der Waals surface area contributed by atoms with Gasteiger partial charge in [0.05, 0.1) is 0 Å². The fourth-order valence-electron chi connectivity index (χ4n) is 2.48. The van der Waals surface area contributed by atoms with Crippen LogP contribution in [-0.2, 0) is 11.3 Å². The van der Waals surface area contributed by atoms with Crippen molar-refractivity contribution in [3.63, 3.8) is 0 Å². The maximum Gasteiger partial charge on any atom is 0.317 e. The molecule has 1 aromatic carbocycles. The molecule has 0 spiro atoms. The molecule has 7 heteroatoms. The predicted octanol–water partition coefficient (Wildman–Crippen LogP) is 1.68. The number of nitrogens with zero attached hydrogens (tertiary/aromatic N) is 1. The first-order chi connectivity index (χ1) is 11.6. The Hall–Kier alpha value is -2.05. The topological polar surface area (TPSA) is 73.5 Å². The van der Waals surface area contributed by atoms with Crippen LogP contribution in [0, 0.1) is 0 Å². The molecule has 0 unspecified atom stereocenters.